The molecular weight excluding hydrogens is 306 g/mol. The minimum atomic E-state index is -0.686. The Kier molecular flexibility index (Phi) is 5.68. The number of hydrogen-bond donors (Lipinski definition) is 0. The Morgan fingerprint density at radius 1 is 1.08 bits per heavy atom. The summed E-state index contributed by atoms with van der Waals surface area (Å²) in [4.78, 5) is 22.8. The van der Waals surface area contributed by atoms with Crippen molar-refractivity contribution in [3.63, 3.8) is 0 Å². The van der Waals surface area contributed by atoms with Gasteiger partial charge in [-0.1, -0.05) is 50.6 Å². The molecule has 2 aromatic rings. The van der Waals surface area contributed by atoms with Crippen molar-refractivity contribution in [2.24, 2.45) is 0 Å². The molecule has 0 unspecified atom stereocenters. The molecule has 0 saturated carbocycles. The van der Waals surface area contributed by atoms with Crippen LogP contribution in [0.5, 0.6) is 0 Å². The molecule has 0 aliphatic carbocycles. The van der Waals surface area contributed by atoms with E-state index in [0.717, 1.165) is 12.0 Å². The molecule has 126 valence electrons. The Labute approximate surface area is 141 Å². The maximum atomic E-state index is 12.6. The summed E-state index contributed by atoms with van der Waals surface area (Å²) >= 11 is 0. The first-order chi connectivity index (χ1) is 11.5. The van der Waals surface area contributed by atoms with Crippen molar-refractivity contribution in [1.29, 1.82) is 0 Å². The van der Waals surface area contributed by atoms with Crippen molar-refractivity contribution in [3.8, 4) is 0 Å². The van der Waals surface area contributed by atoms with Gasteiger partial charge in [-0.05, 0) is 30.5 Å². The maximum Gasteiger partial charge on any atom is 0.339 e. The molecule has 5 nitrogen and oxygen atoms in total. The third kappa shape index (κ3) is 3.79. The van der Waals surface area contributed by atoms with E-state index in [-0.39, 0.29) is 5.69 Å². The van der Waals surface area contributed by atoms with Crippen molar-refractivity contribution < 1.29 is 14.5 Å². The van der Waals surface area contributed by atoms with Crippen LogP contribution in [-0.4, -0.2) is 10.9 Å². The number of benzene rings is 2. The topological polar surface area (TPSA) is 69.4 Å². The molecule has 0 spiro atoms. The highest BCUT2D eigenvalue weighted by Crippen LogP contribution is 2.35. The number of rotatable bonds is 7. The first-order valence-electron chi connectivity index (χ1n) is 8.05. The molecule has 0 aromatic heterocycles. The predicted molar refractivity (Wildman–Crippen MR) is 91.8 cm³/mol. The first kappa shape index (κ1) is 17.7. The van der Waals surface area contributed by atoms with Gasteiger partial charge in [-0.25, -0.2) is 4.79 Å². The van der Waals surface area contributed by atoms with Crippen LogP contribution in [0.1, 0.15) is 49.0 Å². The van der Waals surface area contributed by atoms with Crippen molar-refractivity contribution >= 4 is 11.7 Å². The summed E-state index contributed by atoms with van der Waals surface area (Å²) < 4.78 is 5.89. The summed E-state index contributed by atoms with van der Waals surface area (Å²) in [5, 5.41) is 10.7. The Hall–Kier alpha value is -2.69. The Balaban J connectivity index is 2.29. The van der Waals surface area contributed by atoms with Crippen LogP contribution in [-0.2, 0) is 10.3 Å². The van der Waals surface area contributed by atoms with Crippen LogP contribution in [0, 0.1) is 10.1 Å². The van der Waals surface area contributed by atoms with Crippen LogP contribution < -0.4 is 0 Å². The van der Waals surface area contributed by atoms with Crippen LogP contribution in [0.15, 0.2) is 54.6 Å². The molecule has 24 heavy (non-hydrogen) atoms. The van der Waals surface area contributed by atoms with Crippen molar-refractivity contribution in [2.45, 2.75) is 38.7 Å². The van der Waals surface area contributed by atoms with Gasteiger partial charge in [0.05, 0.1) is 10.5 Å². The maximum absolute atomic E-state index is 12.6. The molecule has 2 rings (SSSR count). The van der Waals surface area contributed by atoms with E-state index in [1.54, 1.807) is 0 Å². The zero-order chi connectivity index (χ0) is 17.6. The van der Waals surface area contributed by atoms with Gasteiger partial charge in [-0.3, -0.25) is 10.1 Å². The third-order valence-corrected chi connectivity index (χ3v) is 4.13. The molecule has 0 bridgehead atoms. The SMILES string of the molecule is CCC[C@@](CC)(OC(=O)c1ccc([N+](=O)[O-])cc1)c1ccccc1. The van der Waals surface area contributed by atoms with Crippen LogP contribution in [0.4, 0.5) is 5.69 Å². The van der Waals surface area contributed by atoms with Gasteiger partial charge in [-0.15, -0.1) is 0 Å². The molecule has 2 aromatic carbocycles. The molecule has 0 aliphatic rings. The molecule has 0 N–H and O–H groups in total. The van der Waals surface area contributed by atoms with E-state index in [1.807, 2.05) is 44.2 Å². The number of esters is 1. The summed E-state index contributed by atoms with van der Waals surface area (Å²) in [5.74, 6) is -0.468. The average molecular weight is 327 g/mol. The normalized spacial score (nSPS) is 13.1. The number of nitro groups is 1. The van der Waals surface area contributed by atoms with Gasteiger partial charge in [0.15, 0.2) is 0 Å². The number of carbonyl (C=O) groups excluding carboxylic acids is 1. The number of ether oxygens (including phenoxy) is 1. The summed E-state index contributed by atoms with van der Waals surface area (Å²) in [5.41, 5.74) is 0.537. The lowest BCUT2D eigenvalue weighted by Crippen LogP contribution is -2.32. The molecule has 0 fully saturated rings. The second-order valence-electron chi connectivity index (χ2n) is 5.66. The van der Waals surface area contributed by atoms with E-state index < -0.39 is 16.5 Å². The fraction of sp³-hybridized carbons (Fsp3) is 0.316. The number of nitro benzene ring substituents is 1. The van der Waals surface area contributed by atoms with E-state index in [9.17, 15) is 14.9 Å². The highest BCUT2D eigenvalue weighted by atomic mass is 16.6. The van der Waals surface area contributed by atoms with E-state index in [4.69, 9.17) is 4.74 Å². The standard InChI is InChI=1S/C19H21NO4/c1-3-14-19(4-2,16-8-6-5-7-9-16)24-18(21)15-10-12-17(13-11-15)20(22)23/h5-13H,3-4,14H2,1-2H3/t19-/m1/s1. The zero-order valence-electron chi connectivity index (χ0n) is 13.9. The molecule has 1 atom stereocenters. The average Bonchev–Trinajstić information content (AvgIpc) is 2.62. The number of non-ortho nitro benzene ring substituents is 1. The fourth-order valence-corrected chi connectivity index (χ4v) is 2.81. The molecule has 0 saturated heterocycles. The van der Waals surface area contributed by atoms with Gasteiger partial charge in [0.1, 0.15) is 5.60 Å². The second kappa shape index (κ2) is 7.73. The quantitative estimate of drug-likeness (QED) is 0.414. The highest BCUT2D eigenvalue weighted by molar-refractivity contribution is 5.90. The van der Waals surface area contributed by atoms with E-state index >= 15 is 0 Å². The summed E-state index contributed by atoms with van der Waals surface area (Å²) in [7, 11) is 0. The minimum absolute atomic E-state index is 0.0510. The number of carbonyl (C=O) groups is 1. The van der Waals surface area contributed by atoms with Gasteiger partial charge in [0.2, 0.25) is 0 Å². The van der Waals surface area contributed by atoms with Gasteiger partial charge in [0, 0.05) is 12.1 Å². The van der Waals surface area contributed by atoms with Gasteiger partial charge in [0.25, 0.3) is 5.69 Å². The highest BCUT2D eigenvalue weighted by Gasteiger charge is 2.34. The van der Waals surface area contributed by atoms with Gasteiger partial charge in [-0.2, -0.15) is 0 Å². The molecule has 0 radical (unpaired) electrons. The number of nitrogens with zero attached hydrogens (tertiary/aromatic N) is 1. The van der Waals surface area contributed by atoms with Crippen molar-refractivity contribution in [3.05, 3.63) is 75.8 Å². The molecule has 5 heteroatoms. The molecule has 0 amide bonds. The van der Waals surface area contributed by atoms with Crippen molar-refractivity contribution in [2.75, 3.05) is 0 Å². The Morgan fingerprint density at radius 3 is 2.21 bits per heavy atom. The summed E-state index contributed by atoms with van der Waals surface area (Å²) in [6.45, 7) is 4.04. The van der Waals surface area contributed by atoms with Gasteiger partial charge >= 0.3 is 5.97 Å². The van der Waals surface area contributed by atoms with Crippen LogP contribution in [0.2, 0.25) is 0 Å². The Morgan fingerprint density at radius 2 is 1.71 bits per heavy atom. The Bertz CT molecular complexity index is 697. The number of hydrogen-bond acceptors (Lipinski definition) is 4. The lowest BCUT2D eigenvalue weighted by atomic mass is 9.86. The third-order valence-electron chi connectivity index (χ3n) is 4.13. The van der Waals surface area contributed by atoms with Gasteiger partial charge < -0.3 is 4.74 Å². The van der Waals surface area contributed by atoms with E-state index in [1.165, 1.54) is 24.3 Å². The van der Waals surface area contributed by atoms with E-state index in [0.29, 0.717) is 18.4 Å². The summed E-state index contributed by atoms with van der Waals surface area (Å²) in [6, 6.07) is 15.2. The fourth-order valence-electron chi connectivity index (χ4n) is 2.81. The molecular formula is C19H21NO4. The van der Waals surface area contributed by atoms with Crippen molar-refractivity contribution in [1.82, 2.24) is 0 Å². The van der Waals surface area contributed by atoms with Crippen LogP contribution in [0.25, 0.3) is 0 Å². The predicted octanol–water partition coefficient (Wildman–Crippen LogP) is 4.86. The largest absolute Gasteiger partial charge is 0.451 e. The van der Waals surface area contributed by atoms with Crippen LogP contribution in [0.3, 0.4) is 0 Å². The summed E-state index contributed by atoms with van der Waals surface area (Å²) in [6.07, 6.45) is 2.24. The second-order valence-corrected chi connectivity index (χ2v) is 5.66. The van der Waals surface area contributed by atoms with Crippen LogP contribution >= 0.6 is 0 Å². The molecule has 0 aliphatic heterocycles. The van der Waals surface area contributed by atoms with E-state index in [2.05, 4.69) is 0 Å². The lowest BCUT2D eigenvalue weighted by Gasteiger charge is -2.33. The monoisotopic (exact) mass is 327 g/mol. The smallest absolute Gasteiger partial charge is 0.339 e. The molecule has 0 heterocycles. The zero-order valence-corrected chi connectivity index (χ0v) is 13.9. The lowest BCUT2D eigenvalue weighted by molar-refractivity contribution is -0.384. The minimum Gasteiger partial charge on any atom is -0.451 e. The first-order valence-corrected chi connectivity index (χ1v) is 8.05.